The van der Waals surface area contributed by atoms with Crippen molar-refractivity contribution in [2.45, 2.75) is 25.0 Å². The summed E-state index contributed by atoms with van der Waals surface area (Å²) in [5, 5.41) is 0. The van der Waals surface area contributed by atoms with Gasteiger partial charge < -0.3 is 15.4 Å². The van der Waals surface area contributed by atoms with Crippen LogP contribution in [-0.2, 0) is 9.53 Å². The predicted octanol–water partition coefficient (Wildman–Crippen LogP) is 1.05. The molecule has 0 spiro atoms. The van der Waals surface area contributed by atoms with E-state index >= 15 is 0 Å². The first-order valence-corrected chi connectivity index (χ1v) is 7.12. The third-order valence-corrected chi connectivity index (χ3v) is 3.79. The monoisotopic (exact) mass is 317 g/mol. The number of amides is 1. The van der Waals surface area contributed by atoms with E-state index in [1.807, 2.05) is 0 Å². The lowest BCUT2D eigenvalue weighted by Gasteiger charge is -2.38. The van der Waals surface area contributed by atoms with Crippen LogP contribution >= 0.6 is 12.4 Å². The minimum atomic E-state index is 0. The molecule has 5 nitrogen and oxygen atoms in total. The van der Waals surface area contributed by atoms with Gasteiger partial charge in [0.25, 0.3) is 0 Å². The van der Waals surface area contributed by atoms with E-state index in [0.717, 1.165) is 19.4 Å². The summed E-state index contributed by atoms with van der Waals surface area (Å²) in [6, 6.07) is 0.215. The fraction of sp³-hybridized carbons (Fsp3) is 0.667. The van der Waals surface area contributed by atoms with Crippen LogP contribution in [0.1, 0.15) is 12.8 Å². The van der Waals surface area contributed by atoms with Gasteiger partial charge in [0.15, 0.2) is 0 Å². The van der Waals surface area contributed by atoms with Crippen molar-refractivity contribution in [1.29, 1.82) is 0 Å². The van der Waals surface area contributed by atoms with E-state index in [4.69, 9.17) is 10.5 Å². The summed E-state index contributed by atoms with van der Waals surface area (Å²) in [6.45, 7) is 10.3. The van der Waals surface area contributed by atoms with Crippen LogP contribution in [0.15, 0.2) is 25.3 Å². The lowest BCUT2D eigenvalue weighted by atomic mass is 9.99. The fourth-order valence-corrected chi connectivity index (χ4v) is 2.59. The zero-order valence-electron chi connectivity index (χ0n) is 12.9. The zero-order chi connectivity index (χ0) is 15.0. The molecule has 2 N–H and O–H groups in total. The van der Waals surface area contributed by atoms with Gasteiger partial charge in [0.1, 0.15) is 0 Å². The molecule has 21 heavy (non-hydrogen) atoms. The van der Waals surface area contributed by atoms with Crippen molar-refractivity contribution in [3.8, 4) is 0 Å². The molecule has 122 valence electrons. The number of ether oxygens (including phenoxy) is 1. The molecule has 0 bridgehead atoms. The number of hydrogen-bond acceptors (Lipinski definition) is 4. The van der Waals surface area contributed by atoms with Crippen molar-refractivity contribution in [3.63, 3.8) is 0 Å². The summed E-state index contributed by atoms with van der Waals surface area (Å²) in [5.41, 5.74) is 5.83. The van der Waals surface area contributed by atoms with Crippen molar-refractivity contribution in [3.05, 3.63) is 25.3 Å². The Morgan fingerprint density at radius 3 is 2.52 bits per heavy atom. The van der Waals surface area contributed by atoms with E-state index in [-0.39, 0.29) is 30.5 Å². The van der Waals surface area contributed by atoms with E-state index in [0.29, 0.717) is 26.2 Å². The topological polar surface area (TPSA) is 58.8 Å². The lowest BCUT2D eigenvalue weighted by molar-refractivity contribution is -0.133. The van der Waals surface area contributed by atoms with Crippen molar-refractivity contribution >= 4 is 18.3 Å². The van der Waals surface area contributed by atoms with Gasteiger partial charge in [0.05, 0.1) is 12.6 Å². The molecule has 2 atom stereocenters. The molecule has 1 rings (SSSR count). The second-order valence-corrected chi connectivity index (χ2v) is 5.12. The quantitative estimate of drug-likeness (QED) is 0.680. The van der Waals surface area contributed by atoms with Crippen molar-refractivity contribution < 1.29 is 9.53 Å². The summed E-state index contributed by atoms with van der Waals surface area (Å²) >= 11 is 0. The Morgan fingerprint density at radius 2 is 2.05 bits per heavy atom. The molecule has 1 aliphatic heterocycles. The molecule has 0 radical (unpaired) electrons. The first-order chi connectivity index (χ1) is 9.65. The van der Waals surface area contributed by atoms with Gasteiger partial charge in [0.2, 0.25) is 5.91 Å². The van der Waals surface area contributed by atoms with E-state index in [1.165, 1.54) is 0 Å². The van der Waals surface area contributed by atoms with Gasteiger partial charge in [-0.05, 0) is 12.8 Å². The van der Waals surface area contributed by atoms with Crippen LogP contribution in [0, 0.1) is 0 Å². The van der Waals surface area contributed by atoms with Gasteiger partial charge in [-0.25, -0.2) is 0 Å². The molecule has 1 fully saturated rings. The Labute approximate surface area is 134 Å². The predicted molar refractivity (Wildman–Crippen MR) is 88.7 cm³/mol. The summed E-state index contributed by atoms with van der Waals surface area (Å²) in [6.07, 6.45) is 5.57. The zero-order valence-corrected chi connectivity index (χ0v) is 13.7. The maximum Gasteiger partial charge on any atom is 0.237 e. The fourth-order valence-electron chi connectivity index (χ4n) is 2.59. The number of piperidine rings is 1. The van der Waals surface area contributed by atoms with Crippen LogP contribution in [0.4, 0.5) is 0 Å². The first-order valence-electron chi connectivity index (χ1n) is 7.12. The molecule has 1 amide bonds. The van der Waals surface area contributed by atoms with Gasteiger partial charge in [0, 0.05) is 39.3 Å². The van der Waals surface area contributed by atoms with Crippen LogP contribution in [0.3, 0.4) is 0 Å². The largest absolute Gasteiger partial charge is 0.381 e. The maximum absolute atomic E-state index is 12.3. The van der Waals surface area contributed by atoms with Gasteiger partial charge >= 0.3 is 0 Å². The molecule has 6 heteroatoms. The average Bonchev–Trinajstić information content (AvgIpc) is 2.47. The molecular weight excluding hydrogens is 290 g/mol. The van der Waals surface area contributed by atoms with Gasteiger partial charge in [-0.2, -0.15) is 0 Å². The number of nitrogens with zero attached hydrogens (tertiary/aromatic N) is 2. The SMILES string of the molecule is C=CCN(CC=C)C(=O)CN1CCC(OC)CC1CN.Cl. The van der Waals surface area contributed by atoms with Crippen molar-refractivity contribution in [1.82, 2.24) is 9.80 Å². The Balaban J connectivity index is 0.00000400. The van der Waals surface area contributed by atoms with Crippen LogP contribution in [0.2, 0.25) is 0 Å². The van der Waals surface area contributed by atoms with Crippen LogP contribution in [0.5, 0.6) is 0 Å². The molecule has 0 aromatic carbocycles. The van der Waals surface area contributed by atoms with Crippen molar-refractivity contribution in [2.75, 3.05) is 39.8 Å². The van der Waals surface area contributed by atoms with Gasteiger partial charge in [-0.1, -0.05) is 12.2 Å². The number of halogens is 1. The van der Waals surface area contributed by atoms with Crippen molar-refractivity contribution in [2.24, 2.45) is 5.73 Å². The van der Waals surface area contributed by atoms with Crippen LogP contribution in [0.25, 0.3) is 0 Å². The number of nitrogens with two attached hydrogens (primary N) is 1. The summed E-state index contributed by atoms with van der Waals surface area (Å²) in [4.78, 5) is 16.2. The molecule has 1 heterocycles. The lowest BCUT2D eigenvalue weighted by Crippen LogP contribution is -2.52. The molecule has 0 saturated carbocycles. The van der Waals surface area contributed by atoms with E-state index < -0.39 is 0 Å². The highest BCUT2D eigenvalue weighted by Gasteiger charge is 2.29. The molecular formula is C15H28ClN3O2. The van der Waals surface area contributed by atoms with Crippen LogP contribution in [-0.4, -0.2) is 67.7 Å². The standard InChI is InChI=1S/C15H27N3O2.ClH/c1-4-7-17(8-5-2)15(19)12-18-9-6-14(20-3)10-13(18)11-16;/h4-5,13-14H,1-2,6-12,16H2,3H3;1H. The first kappa shape index (κ1) is 20.1. The number of carbonyl (C=O) groups is 1. The van der Waals surface area contributed by atoms with Gasteiger partial charge in [-0.3, -0.25) is 9.69 Å². The summed E-state index contributed by atoms with van der Waals surface area (Å²) in [7, 11) is 1.73. The molecule has 1 saturated heterocycles. The molecule has 2 unspecified atom stereocenters. The summed E-state index contributed by atoms with van der Waals surface area (Å²) < 4.78 is 5.40. The number of hydrogen-bond donors (Lipinski definition) is 1. The third-order valence-electron chi connectivity index (χ3n) is 3.79. The highest BCUT2D eigenvalue weighted by molar-refractivity contribution is 5.85. The normalized spacial score (nSPS) is 22.2. The smallest absolute Gasteiger partial charge is 0.237 e. The Morgan fingerprint density at radius 1 is 1.43 bits per heavy atom. The van der Waals surface area contributed by atoms with Crippen LogP contribution < -0.4 is 5.73 Å². The third kappa shape index (κ3) is 6.18. The number of carbonyl (C=O) groups excluding carboxylic acids is 1. The van der Waals surface area contributed by atoms with Gasteiger partial charge in [-0.15, -0.1) is 25.6 Å². The van der Waals surface area contributed by atoms with E-state index in [2.05, 4.69) is 18.1 Å². The number of likely N-dealkylation sites (tertiary alicyclic amines) is 1. The maximum atomic E-state index is 12.3. The minimum absolute atomic E-state index is 0. The number of methoxy groups -OCH3 is 1. The second-order valence-electron chi connectivity index (χ2n) is 5.12. The second kappa shape index (κ2) is 10.8. The molecule has 0 aromatic rings. The minimum Gasteiger partial charge on any atom is -0.381 e. The number of rotatable bonds is 8. The highest BCUT2D eigenvalue weighted by Crippen LogP contribution is 2.19. The molecule has 0 aliphatic carbocycles. The molecule has 1 aliphatic rings. The highest BCUT2D eigenvalue weighted by atomic mass is 35.5. The Kier molecular flexibility index (Phi) is 10.3. The molecule has 0 aromatic heterocycles. The van der Waals surface area contributed by atoms with E-state index in [9.17, 15) is 4.79 Å². The average molecular weight is 318 g/mol. The van der Waals surface area contributed by atoms with E-state index in [1.54, 1.807) is 24.2 Å². The Hall–Kier alpha value is -0.880. The Bertz CT molecular complexity index is 329. The summed E-state index contributed by atoms with van der Waals surface area (Å²) in [5.74, 6) is 0.0964.